The number of pyridine rings is 2. The first kappa shape index (κ1) is 44.6. The molecule has 4 N–H and O–H groups in total. The summed E-state index contributed by atoms with van der Waals surface area (Å²) in [7, 11) is 1.22. The standard InChI is InChI=1S/C43H57N9O6S/c1-8-28(2)36(52-22-21-50(42(52)57)24-31-18-14-15-29(3)45-31)38(54)47-34(23-30-16-10-9-11-17-30)35(53)26-51(49-39(55)37(43(4,5)6)48-41(56)58-7)25-32-27-59-40(46-32)33-19-12-13-20-44-33/h9-20,27-28,34-37,53H,8,21-26H2,1-7H3,(H,47,54)(H,48,56)(H,49,55)/t28-,34-,35-,36-,37+/m0/s1. The van der Waals surface area contributed by atoms with Crippen molar-refractivity contribution >= 4 is 35.3 Å². The van der Waals surface area contributed by atoms with Crippen LogP contribution in [0.5, 0.6) is 0 Å². The van der Waals surface area contributed by atoms with E-state index in [4.69, 9.17) is 9.72 Å². The fourth-order valence-electron chi connectivity index (χ4n) is 7.00. The number of aromatic nitrogens is 3. The van der Waals surface area contributed by atoms with E-state index >= 15 is 0 Å². The van der Waals surface area contributed by atoms with Crippen molar-refractivity contribution in [2.24, 2.45) is 11.3 Å². The minimum absolute atomic E-state index is 0.0800. The first-order valence-electron chi connectivity index (χ1n) is 19.9. The molecule has 5 amide bonds. The summed E-state index contributed by atoms with van der Waals surface area (Å²) in [6.07, 6.45) is 0.586. The number of thiazole rings is 1. The van der Waals surface area contributed by atoms with Crippen LogP contribution in [0.4, 0.5) is 9.59 Å². The van der Waals surface area contributed by atoms with Gasteiger partial charge in [-0.25, -0.2) is 19.6 Å². The summed E-state index contributed by atoms with van der Waals surface area (Å²) in [6.45, 7) is 12.4. The minimum atomic E-state index is -1.23. The first-order valence-corrected chi connectivity index (χ1v) is 20.8. The zero-order chi connectivity index (χ0) is 42.7. The first-order chi connectivity index (χ1) is 28.2. The highest BCUT2D eigenvalue weighted by molar-refractivity contribution is 7.13. The number of carbonyl (C=O) groups is 4. The number of amides is 5. The summed E-state index contributed by atoms with van der Waals surface area (Å²) in [5.74, 6) is -1.11. The normalized spacial score (nSPS) is 15.6. The maximum absolute atomic E-state index is 14.5. The highest BCUT2D eigenvalue weighted by Crippen LogP contribution is 2.25. The highest BCUT2D eigenvalue weighted by Gasteiger charge is 2.41. The summed E-state index contributed by atoms with van der Waals surface area (Å²) in [4.78, 5) is 71.8. The zero-order valence-electron chi connectivity index (χ0n) is 34.9. The lowest BCUT2D eigenvalue weighted by Crippen LogP contribution is -2.60. The SMILES string of the molecule is CC[C@H](C)[C@@H](C(=O)N[C@@H](Cc1ccccc1)[C@@H](O)CN(Cc1csc(-c2ccccn2)n1)NC(=O)[C@@H](NC(=O)OC)C(C)(C)C)N1CCN(Cc2cccc(C)n2)C1=O. The Balaban J connectivity index is 1.41. The number of hydrogen-bond donors (Lipinski definition) is 4. The van der Waals surface area contributed by atoms with Crippen LogP contribution in [0.3, 0.4) is 0 Å². The second-order valence-electron chi connectivity index (χ2n) is 16.0. The molecule has 4 aromatic rings. The molecule has 1 aliphatic rings. The van der Waals surface area contributed by atoms with Crippen LogP contribution in [0, 0.1) is 18.3 Å². The van der Waals surface area contributed by atoms with Gasteiger partial charge in [0.15, 0.2) is 0 Å². The van der Waals surface area contributed by atoms with Crippen molar-refractivity contribution in [2.75, 3.05) is 26.7 Å². The number of nitrogens with one attached hydrogen (secondary N) is 3. The van der Waals surface area contributed by atoms with E-state index in [2.05, 4.69) is 26.0 Å². The van der Waals surface area contributed by atoms with Crippen LogP contribution in [-0.2, 0) is 33.8 Å². The third kappa shape index (κ3) is 12.3. The van der Waals surface area contributed by atoms with Gasteiger partial charge in [-0.3, -0.25) is 25.0 Å². The van der Waals surface area contributed by atoms with Gasteiger partial charge in [0.05, 0.1) is 49.4 Å². The number of nitrogens with zero attached hydrogens (tertiary/aromatic N) is 6. The topological polar surface area (TPSA) is 182 Å². The number of benzene rings is 1. The van der Waals surface area contributed by atoms with Crippen molar-refractivity contribution in [1.82, 2.24) is 45.8 Å². The van der Waals surface area contributed by atoms with E-state index in [1.807, 2.05) is 114 Å². The Morgan fingerprint density at radius 3 is 2.37 bits per heavy atom. The van der Waals surface area contributed by atoms with Gasteiger partial charge in [0.2, 0.25) is 5.91 Å². The molecular formula is C43H57N9O6S. The fraction of sp³-hybridized carbons (Fsp3) is 0.465. The van der Waals surface area contributed by atoms with E-state index in [0.29, 0.717) is 42.5 Å². The van der Waals surface area contributed by atoms with Gasteiger partial charge in [-0.05, 0) is 54.5 Å². The van der Waals surface area contributed by atoms with Crippen LogP contribution in [0.1, 0.15) is 63.7 Å². The van der Waals surface area contributed by atoms with Crippen LogP contribution in [-0.4, -0.2) is 110 Å². The number of alkyl carbamates (subject to hydrolysis) is 1. The summed E-state index contributed by atoms with van der Waals surface area (Å²) < 4.78 is 4.82. The molecular weight excluding hydrogens is 771 g/mol. The Kier molecular flexibility index (Phi) is 15.5. The molecule has 0 aliphatic carbocycles. The molecule has 0 unspecified atom stereocenters. The molecule has 0 radical (unpaired) electrons. The van der Waals surface area contributed by atoms with Gasteiger partial charge in [0.25, 0.3) is 5.91 Å². The average Bonchev–Trinajstić information content (AvgIpc) is 3.82. The highest BCUT2D eigenvalue weighted by atomic mass is 32.1. The van der Waals surface area contributed by atoms with E-state index in [9.17, 15) is 24.3 Å². The summed E-state index contributed by atoms with van der Waals surface area (Å²) in [6, 6.07) is 17.9. The van der Waals surface area contributed by atoms with E-state index in [0.717, 1.165) is 17.0 Å². The van der Waals surface area contributed by atoms with Crippen LogP contribution in [0.15, 0.2) is 78.3 Å². The number of hydrazine groups is 1. The third-order valence-electron chi connectivity index (χ3n) is 10.3. The van der Waals surface area contributed by atoms with Gasteiger partial charge in [-0.15, -0.1) is 11.3 Å². The quantitative estimate of drug-likeness (QED) is 0.100. The van der Waals surface area contributed by atoms with Crippen molar-refractivity contribution in [3.63, 3.8) is 0 Å². The Labute approximate surface area is 350 Å². The van der Waals surface area contributed by atoms with Crippen LogP contribution in [0.2, 0.25) is 0 Å². The molecule has 15 nitrogen and oxygen atoms in total. The zero-order valence-corrected chi connectivity index (χ0v) is 35.7. The predicted octanol–water partition coefficient (Wildman–Crippen LogP) is 4.95. The van der Waals surface area contributed by atoms with Gasteiger partial charge in [0.1, 0.15) is 17.1 Å². The molecule has 0 spiro atoms. The van der Waals surface area contributed by atoms with Gasteiger partial charge in [0, 0.05) is 36.9 Å². The number of aliphatic hydroxyl groups is 1. The lowest BCUT2D eigenvalue weighted by molar-refractivity contribution is -0.132. The number of aliphatic hydroxyl groups excluding tert-OH is 1. The Morgan fingerprint density at radius 1 is 0.966 bits per heavy atom. The number of carbonyl (C=O) groups excluding carboxylic acids is 4. The molecule has 1 aromatic carbocycles. The maximum atomic E-state index is 14.5. The molecule has 316 valence electrons. The number of ether oxygens (including phenoxy) is 1. The van der Waals surface area contributed by atoms with Crippen molar-refractivity contribution in [1.29, 1.82) is 0 Å². The molecule has 16 heteroatoms. The molecule has 1 fully saturated rings. The summed E-state index contributed by atoms with van der Waals surface area (Å²) in [5, 5.41) is 22.0. The smallest absolute Gasteiger partial charge is 0.407 e. The number of urea groups is 1. The monoisotopic (exact) mass is 827 g/mol. The molecule has 0 bridgehead atoms. The Hall–Kier alpha value is -5.45. The Bertz CT molecular complexity index is 2010. The largest absolute Gasteiger partial charge is 0.453 e. The van der Waals surface area contributed by atoms with Crippen LogP contribution in [0.25, 0.3) is 10.7 Å². The van der Waals surface area contributed by atoms with E-state index in [-0.39, 0.29) is 37.4 Å². The molecule has 59 heavy (non-hydrogen) atoms. The molecule has 0 saturated carbocycles. The van der Waals surface area contributed by atoms with Crippen LogP contribution < -0.4 is 16.1 Å². The minimum Gasteiger partial charge on any atom is -0.453 e. The van der Waals surface area contributed by atoms with E-state index < -0.39 is 41.6 Å². The number of rotatable bonds is 18. The number of aryl methyl sites for hydroxylation is 1. The second kappa shape index (κ2) is 20.5. The molecule has 5 rings (SSSR count). The lowest BCUT2D eigenvalue weighted by atomic mass is 9.86. The maximum Gasteiger partial charge on any atom is 0.407 e. The lowest BCUT2D eigenvalue weighted by Gasteiger charge is -2.36. The molecule has 1 aliphatic heterocycles. The van der Waals surface area contributed by atoms with Gasteiger partial charge >= 0.3 is 12.1 Å². The van der Waals surface area contributed by atoms with Gasteiger partial charge in [-0.1, -0.05) is 83.5 Å². The molecule has 4 heterocycles. The number of methoxy groups -OCH3 is 1. The van der Waals surface area contributed by atoms with Crippen molar-refractivity contribution in [3.8, 4) is 10.7 Å². The van der Waals surface area contributed by atoms with Gasteiger partial charge < -0.3 is 30.3 Å². The molecule has 1 saturated heterocycles. The van der Waals surface area contributed by atoms with Crippen LogP contribution >= 0.6 is 11.3 Å². The molecule has 3 aromatic heterocycles. The van der Waals surface area contributed by atoms with Crippen molar-refractivity contribution in [2.45, 2.75) is 91.7 Å². The third-order valence-corrected chi connectivity index (χ3v) is 11.3. The van der Waals surface area contributed by atoms with E-state index in [1.165, 1.54) is 18.4 Å². The predicted molar refractivity (Wildman–Crippen MR) is 225 cm³/mol. The average molecular weight is 828 g/mol. The summed E-state index contributed by atoms with van der Waals surface area (Å²) >= 11 is 1.40. The fourth-order valence-corrected chi connectivity index (χ4v) is 7.78. The molecule has 5 atom stereocenters. The second-order valence-corrected chi connectivity index (χ2v) is 16.9. The van der Waals surface area contributed by atoms with Gasteiger partial charge in [-0.2, -0.15) is 0 Å². The summed E-state index contributed by atoms with van der Waals surface area (Å²) in [5.41, 5.74) is 6.00. The number of hydrogen-bond acceptors (Lipinski definition) is 11. The van der Waals surface area contributed by atoms with Crippen molar-refractivity contribution < 1.29 is 29.0 Å². The Morgan fingerprint density at radius 2 is 1.71 bits per heavy atom. The van der Waals surface area contributed by atoms with E-state index in [1.54, 1.807) is 21.0 Å². The van der Waals surface area contributed by atoms with Crippen molar-refractivity contribution in [3.05, 3.63) is 101 Å².